The Morgan fingerprint density at radius 1 is 1.25 bits per heavy atom. The average molecular weight is 262 g/mol. The zero-order valence-corrected chi connectivity index (χ0v) is 10.5. The number of carbonyl (C=O) groups excluding carboxylic acids is 1. The first-order chi connectivity index (χ1) is 9.79. The van der Waals surface area contributed by atoms with Crippen LogP contribution < -0.4 is 0 Å². The largest absolute Gasteiger partial charge is 0.461 e. The van der Waals surface area contributed by atoms with Crippen LogP contribution in [-0.2, 0) is 0 Å². The Hall–Kier alpha value is -3.06. The topological polar surface area (TPSA) is 69.8 Å². The highest BCUT2D eigenvalue weighted by Crippen LogP contribution is 2.21. The molecule has 0 saturated carbocycles. The van der Waals surface area contributed by atoms with E-state index in [9.17, 15) is 10.1 Å². The van der Waals surface area contributed by atoms with Crippen molar-refractivity contribution in [3.05, 3.63) is 65.8 Å². The van der Waals surface area contributed by atoms with Gasteiger partial charge in [0.1, 0.15) is 11.6 Å². The highest BCUT2D eigenvalue weighted by Gasteiger charge is 2.15. The van der Waals surface area contributed by atoms with Crippen molar-refractivity contribution >= 4 is 22.8 Å². The van der Waals surface area contributed by atoms with Gasteiger partial charge in [0.25, 0.3) is 0 Å². The molecule has 0 bridgehead atoms. The number of nitrogens with zero attached hydrogens (tertiary/aromatic N) is 1. The predicted octanol–water partition coefficient (Wildman–Crippen LogP) is 3.55. The van der Waals surface area contributed by atoms with Gasteiger partial charge in [-0.2, -0.15) is 5.26 Å². The molecular weight excluding hydrogens is 252 g/mol. The zero-order valence-electron chi connectivity index (χ0n) is 10.5. The Balaban J connectivity index is 2.05. The third-order valence-electron chi connectivity index (χ3n) is 3.03. The van der Waals surface area contributed by atoms with Crippen molar-refractivity contribution in [2.45, 2.75) is 0 Å². The fourth-order valence-corrected chi connectivity index (χ4v) is 2.06. The van der Waals surface area contributed by atoms with Gasteiger partial charge in [0.2, 0.25) is 5.78 Å². The second kappa shape index (κ2) is 4.90. The number of H-pyrrole nitrogens is 1. The maximum absolute atomic E-state index is 12.1. The van der Waals surface area contributed by atoms with E-state index in [1.54, 1.807) is 24.4 Å². The van der Waals surface area contributed by atoms with Crippen LogP contribution in [-0.4, -0.2) is 10.8 Å². The van der Waals surface area contributed by atoms with Gasteiger partial charge in [-0.1, -0.05) is 18.2 Å². The van der Waals surface area contributed by atoms with Crippen LogP contribution in [0.25, 0.3) is 17.0 Å². The lowest BCUT2D eigenvalue weighted by Gasteiger charge is -1.95. The summed E-state index contributed by atoms with van der Waals surface area (Å²) in [6, 6.07) is 12.8. The standard InChI is InChI=1S/C16H10N2O2/c17-9-11(16(19)15-6-3-7-20-15)8-12-10-18-14-5-2-1-4-13(12)14/h1-8,10,18H. The van der Waals surface area contributed by atoms with Gasteiger partial charge < -0.3 is 9.40 Å². The molecule has 1 N–H and O–H groups in total. The summed E-state index contributed by atoms with van der Waals surface area (Å²) in [5, 5.41) is 10.1. The lowest BCUT2D eigenvalue weighted by Crippen LogP contribution is -1.99. The Bertz CT molecular complexity index is 833. The van der Waals surface area contributed by atoms with E-state index in [2.05, 4.69) is 4.98 Å². The number of benzene rings is 1. The Morgan fingerprint density at radius 2 is 2.10 bits per heavy atom. The van der Waals surface area contributed by atoms with E-state index in [0.29, 0.717) is 0 Å². The molecule has 0 saturated heterocycles. The quantitative estimate of drug-likeness (QED) is 0.446. The molecule has 1 aromatic carbocycles. The fourth-order valence-electron chi connectivity index (χ4n) is 2.06. The molecule has 20 heavy (non-hydrogen) atoms. The number of carbonyl (C=O) groups is 1. The zero-order chi connectivity index (χ0) is 13.9. The molecule has 3 rings (SSSR count). The van der Waals surface area contributed by atoms with Gasteiger partial charge in [0, 0.05) is 22.7 Å². The first-order valence-corrected chi connectivity index (χ1v) is 6.05. The van der Waals surface area contributed by atoms with Crippen molar-refractivity contribution < 1.29 is 9.21 Å². The average Bonchev–Trinajstić information content (AvgIpc) is 3.14. The Kier molecular flexibility index (Phi) is 2.94. The summed E-state index contributed by atoms with van der Waals surface area (Å²) in [5.41, 5.74) is 1.81. The number of nitrogens with one attached hydrogen (secondary N) is 1. The lowest BCUT2D eigenvalue weighted by molar-refractivity contribution is 0.101. The van der Waals surface area contributed by atoms with Gasteiger partial charge in [-0.25, -0.2) is 0 Å². The van der Waals surface area contributed by atoms with Crippen molar-refractivity contribution in [1.82, 2.24) is 4.98 Å². The second-order valence-electron chi connectivity index (χ2n) is 4.27. The summed E-state index contributed by atoms with van der Waals surface area (Å²) in [4.78, 5) is 15.2. The summed E-state index contributed by atoms with van der Waals surface area (Å²) >= 11 is 0. The number of hydrogen-bond donors (Lipinski definition) is 1. The number of furan rings is 1. The van der Waals surface area contributed by atoms with Gasteiger partial charge in [0.05, 0.1) is 6.26 Å². The number of aromatic amines is 1. The van der Waals surface area contributed by atoms with Crippen molar-refractivity contribution in [1.29, 1.82) is 5.26 Å². The van der Waals surface area contributed by atoms with Crippen molar-refractivity contribution in [3.8, 4) is 6.07 Å². The smallest absolute Gasteiger partial charge is 0.238 e. The molecule has 2 aromatic heterocycles. The van der Waals surface area contributed by atoms with Crippen molar-refractivity contribution in [2.24, 2.45) is 0 Å². The van der Waals surface area contributed by atoms with E-state index in [1.807, 2.05) is 30.3 Å². The lowest BCUT2D eigenvalue weighted by atomic mass is 10.1. The highest BCUT2D eigenvalue weighted by molar-refractivity contribution is 6.13. The summed E-state index contributed by atoms with van der Waals surface area (Å²) in [6.45, 7) is 0. The number of aromatic nitrogens is 1. The molecule has 96 valence electrons. The van der Waals surface area contributed by atoms with Gasteiger partial charge >= 0.3 is 0 Å². The van der Waals surface area contributed by atoms with Gasteiger partial charge in [-0.15, -0.1) is 0 Å². The van der Waals surface area contributed by atoms with E-state index >= 15 is 0 Å². The maximum atomic E-state index is 12.1. The number of ketones is 1. The Morgan fingerprint density at radius 3 is 2.85 bits per heavy atom. The fraction of sp³-hybridized carbons (Fsp3) is 0. The van der Waals surface area contributed by atoms with Crippen LogP contribution in [0, 0.1) is 11.3 Å². The monoisotopic (exact) mass is 262 g/mol. The van der Waals surface area contributed by atoms with Gasteiger partial charge in [-0.3, -0.25) is 4.79 Å². The number of nitriles is 1. The molecule has 4 heteroatoms. The SMILES string of the molecule is N#CC(=Cc1c[nH]c2ccccc12)C(=O)c1ccco1. The maximum Gasteiger partial charge on any atom is 0.238 e. The van der Waals surface area contributed by atoms with Crippen LogP contribution in [0.3, 0.4) is 0 Å². The van der Waals surface area contributed by atoms with Crippen molar-refractivity contribution in [2.75, 3.05) is 0 Å². The molecule has 4 nitrogen and oxygen atoms in total. The molecule has 0 atom stereocenters. The van der Waals surface area contributed by atoms with Crippen LogP contribution in [0.1, 0.15) is 16.1 Å². The molecule has 2 heterocycles. The molecule has 0 fully saturated rings. The first kappa shape index (κ1) is 12.0. The predicted molar refractivity (Wildman–Crippen MR) is 74.9 cm³/mol. The highest BCUT2D eigenvalue weighted by atomic mass is 16.3. The van der Waals surface area contributed by atoms with E-state index in [4.69, 9.17) is 4.42 Å². The van der Waals surface area contributed by atoms with E-state index in [-0.39, 0.29) is 11.3 Å². The second-order valence-corrected chi connectivity index (χ2v) is 4.27. The molecule has 0 aliphatic rings. The van der Waals surface area contributed by atoms with Crippen LogP contribution in [0.4, 0.5) is 0 Å². The van der Waals surface area contributed by atoms with Crippen LogP contribution >= 0.6 is 0 Å². The molecular formula is C16H10N2O2. The normalized spacial score (nSPS) is 11.4. The number of hydrogen-bond acceptors (Lipinski definition) is 3. The minimum Gasteiger partial charge on any atom is -0.461 e. The van der Waals surface area contributed by atoms with Crippen LogP contribution in [0.15, 0.2) is 58.8 Å². The molecule has 0 aliphatic carbocycles. The number of allylic oxidation sites excluding steroid dienone is 1. The minimum atomic E-state index is -0.414. The van der Waals surface area contributed by atoms with Crippen LogP contribution in [0.5, 0.6) is 0 Å². The summed E-state index contributed by atoms with van der Waals surface area (Å²) in [7, 11) is 0. The van der Waals surface area contributed by atoms with Crippen molar-refractivity contribution in [3.63, 3.8) is 0 Å². The van der Waals surface area contributed by atoms with E-state index in [0.717, 1.165) is 16.5 Å². The van der Waals surface area contributed by atoms with Gasteiger partial charge in [0.15, 0.2) is 5.76 Å². The number of rotatable bonds is 3. The third kappa shape index (κ3) is 2.02. The minimum absolute atomic E-state index is 0.0460. The van der Waals surface area contributed by atoms with Crippen LogP contribution in [0.2, 0.25) is 0 Å². The summed E-state index contributed by atoms with van der Waals surface area (Å²) < 4.78 is 5.04. The molecule has 0 aliphatic heterocycles. The summed E-state index contributed by atoms with van der Waals surface area (Å²) in [6.07, 6.45) is 4.76. The molecule has 3 aromatic rings. The third-order valence-corrected chi connectivity index (χ3v) is 3.03. The van der Waals surface area contributed by atoms with Gasteiger partial charge in [-0.05, 0) is 24.3 Å². The van der Waals surface area contributed by atoms with E-state index in [1.165, 1.54) is 6.26 Å². The molecule has 0 unspecified atom stereocenters. The molecule has 0 amide bonds. The molecule has 0 spiro atoms. The van der Waals surface area contributed by atoms with E-state index < -0.39 is 5.78 Å². The Labute approximate surface area is 114 Å². The molecule has 0 radical (unpaired) electrons. The number of para-hydroxylation sites is 1. The number of fused-ring (bicyclic) bond motifs is 1. The first-order valence-electron chi connectivity index (χ1n) is 6.05. The summed E-state index contributed by atoms with van der Waals surface area (Å²) in [5.74, 6) is -0.250. The number of Topliss-reactive ketones (excluding diaryl/α,β-unsaturated/α-hetero) is 1.